The number of hydrogen-bond acceptors (Lipinski definition) is 5. The third-order valence-corrected chi connectivity index (χ3v) is 1.26. The van der Waals surface area contributed by atoms with Crippen molar-refractivity contribution in [2.24, 2.45) is 0 Å². The average Bonchev–Trinajstić information content (AvgIpc) is 2.13. The highest BCUT2D eigenvalue weighted by Crippen LogP contribution is 2.00. The van der Waals surface area contributed by atoms with E-state index >= 15 is 0 Å². The van der Waals surface area contributed by atoms with E-state index in [-0.39, 0.29) is 18.5 Å². The second kappa shape index (κ2) is 5.90. The maximum Gasteiger partial charge on any atom is 0.343 e. The van der Waals surface area contributed by atoms with E-state index in [9.17, 15) is 14.4 Å². The Labute approximate surface area is 82.3 Å². The van der Waals surface area contributed by atoms with Gasteiger partial charge in [-0.15, -0.1) is 0 Å². The minimum atomic E-state index is -0.878. The second-order valence-electron chi connectivity index (χ2n) is 2.71. The predicted octanol–water partition coefficient (Wildman–Crippen LogP) is -0.237. The van der Waals surface area contributed by atoms with Gasteiger partial charge in [-0.05, 0) is 6.92 Å². The number of aldehydes is 1. The summed E-state index contributed by atoms with van der Waals surface area (Å²) in [6.45, 7) is 1.78. The maximum absolute atomic E-state index is 11.2. The zero-order chi connectivity index (χ0) is 11.1. The molecule has 78 valence electrons. The molecule has 0 atom stereocenters. The van der Waals surface area contributed by atoms with E-state index < -0.39 is 11.8 Å². The highest BCUT2D eigenvalue weighted by Gasteiger charge is 2.18. The summed E-state index contributed by atoms with van der Waals surface area (Å²) in [5.41, 5.74) is -0.258. The van der Waals surface area contributed by atoms with Gasteiger partial charge in [0.25, 0.3) is 0 Å². The summed E-state index contributed by atoms with van der Waals surface area (Å²) in [6, 6.07) is 0. The summed E-state index contributed by atoms with van der Waals surface area (Å²) in [4.78, 5) is 33.9. The van der Waals surface area contributed by atoms with Crippen LogP contribution in [0.25, 0.3) is 0 Å². The highest BCUT2D eigenvalue weighted by atomic mass is 16.5. The monoisotopic (exact) mass is 199 g/mol. The van der Waals surface area contributed by atoms with Gasteiger partial charge in [-0.3, -0.25) is 9.59 Å². The molecule has 0 saturated heterocycles. The van der Waals surface area contributed by atoms with Gasteiger partial charge in [-0.2, -0.15) is 0 Å². The van der Waals surface area contributed by atoms with Gasteiger partial charge in [0.2, 0.25) is 5.78 Å². The summed E-state index contributed by atoms with van der Waals surface area (Å²) < 4.78 is 4.61. The van der Waals surface area contributed by atoms with E-state index in [1.54, 1.807) is 21.0 Å². The van der Waals surface area contributed by atoms with Crippen LogP contribution >= 0.6 is 0 Å². The molecule has 0 aliphatic heterocycles. The van der Waals surface area contributed by atoms with Crippen molar-refractivity contribution < 1.29 is 19.1 Å². The fraction of sp³-hybridized carbons (Fsp3) is 0.444. The zero-order valence-corrected chi connectivity index (χ0v) is 8.44. The molecule has 0 aromatic rings. The van der Waals surface area contributed by atoms with Crippen LogP contribution in [0.15, 0.2) is 11.8 Å². The Balaban J connectivity index is 4.81. The summed E-state index contributed by atoms with van der Waals surface area (Å²) in [5.74, 6) is -1.66. The molecule has 0 amide bonds. The normalized spacial score (nSPS) is 10.6. The molecule has 0 aromatic carbocycles. The molecule has 0 aliphatic carbocycles. The lowest BCUT2D eigenvalue weighted by molar-refractivity contribution is -0.141. The quantitative estimate of drug-likeness (QED) is 0.153. The van der Waals surface area contributed by atoms with Crippen LogP contribution in [0.2, 0.25) is 0 Å². The second-order valence-corrected chi connectivity index (χ2v) is 2.71. The van der Waals surface area contributed by atoms with Gasteiger partial charge in [0.05, 0.1) is 6.61 Å². The molecule has 0 unspecified atom stereocenters. The van der Waals surface area contributed by atoms with E-state index in [1.165, 1.54) is 11.1 Å². The fourth-order valence-electron chi connectivity index (χ4n) is 0.747. The highest BCUT2D eigenvalue weighted by molar-refractivity contribution is 6.40. The lowest BCUT2D eigenvalue weighted by Crippen LogP contribution is -2.19. The molecule has 0 N–H and O–H groups in total. The molecule has 0 radical (unpaired) electrons. The Bertz CT molecular complexity index is 268. The Morgan fingerprint density at radius 2 is 1.93 bits per heavy atom. The van der Waals surface area contributed by atoms with Crippen LogP contribution in [0.1, 0.15) is 6.92 Å². The van der Waals surface area contributed by atoms with Gasteiger partial charge in [-0.25, -0.2) is 4.79 Å². The standard InChI is InChI=1S/C9H13NO4/c1-4-14-9(13)7(5-10(2)3)8(12)6-11/h5-6H,4H2,1-3H3/b7-5+. The predicted molar refractivity (Wildman–Crippen MR) is 49.5 cm³/mol. The van der Waals surface area contributed by atoms with Crippen molar-refractivity contribution in [3.8, 4) is 0 Å². The summed E-state index contributed by atoms with van der Waals surface area (Å²) >= 11 is 0. The van der Waals surface area contributed by atoms with E-state index in [1.807, 2.05) is 0 Å². The number of Topliss-reactive ketones (excluding diaryl/α,β-unsaturated/α-hetero) is 1. The number of ketones is 1. The van der Waals surface area contributed by atoms with Crippen LogP contribution in [0.4, 0.5) is 0 Å². The van der Waals surface area contributed by atoms with Crippen molar-refractivity contribution >= 4 is 18.0 Å². The number of nitrogens with zero attached hydrogens (tertiary/aromatic N) is 1. The van der Waals surface area contributed by atoms with Crippen LogP contribution in [-0.2, 0) is 19.1 Å². The summed E-state index contributed by atoms with van der Waals surface area (Å²) in [5, 5.41) is 0. The number of ether oxygens (including phenoxy) is 1. The first-order chi connectivity index (χ1) is 6.52. The van der Waals surface area contributed by atoms with E-state index in [0.717, 1.165) is 0 Å². The van der Waals surface area contributed by atoms with Crippen molar-refractivity contribution in [1.29, 1.82) is 0 Å². The van der Waals surface area contributed by atoms with E-state index in [4.69, 9.17) is 0 Å². The minimum absolute atomic E-state index is 0.0895. The molecular weight excluding hydrogens is 186 g/mol. The van der Waals surface area contributed by atoms with Gasteiger partial charge in [0, 0.05) is 20.3 Å². The SMILES string of the molecule is CCOC(=O)/C(=C/N(C)C)C(=O)C=O. The molecule has 5 nitrogen and oxygen atoms in total. The Kier molecular flexibility index (Phi) is 5.21. The van der Waals surface area contributed by atoms with Gasteiger partial charge >= 0.3 is 5.97 Å². The minimum Gasteiger partial charge on any atom is -0.462 e. The van der Waals surface area contributed by atoms with Crippen LogP contribution in [-0.4, -0.2) is 43.6 Å². The first kappa shape index (κ1) is 12.3. The van der Waals surface area contributed by atoms with E-state index in [2.05, 4.69) is 4.74 Å². The molecule has 0 bridgehead atoms. The lowest BCUT2D eigenvalue weighted by atomic mass is 10.2. The van der Waals surface area contributed by atoms with Crippen molar-refractivity contribution in [1.82, 2.24) is 4.90 Å². The van der Waals surface area contributed by atoms with Crippen LogP contribution in [0.3, 0.4) is 0 Å². The molecule has 14 heavy (non-hydrogen) atoms. The molecule has 5 heteroatoms. The zero-order valence-electron chi connectivity index (χ0n) is 8.44. The third-order valence-electron chi connectivity index (χ3n) is 1.26. The van der Waals surface area contributed by atoms with Crippen molar-refractivity contribution in [2.75, 3.05) is 20.7 Å². The van der Waals surface area contributed by atoms with Gasteiger partial charge < -0.3 is 9.64 Å². The summed E-state index contributed by atoms with van der Waals surface area (Å²) in [7, 11) is 3.27. The lowest BCUT2D eigenvalue weighted by Gasteiger charge is -2.07. The van der Waals surface area contributed by atoms with Crippen molar-refractivity contribution in [3.05, 3.63) is 11.8 Å². The molecule has 0 aliphatic rings. The van der Waals surface area contributed by atoms with Gasteiger partial charge in [-0.1, -0.05) is 0 Å². The smallest absolute Gasteiger partial charge is 0.343 e. The number of hydrogen-bond donors (Lipinski definition) is 0. The average molecular weight is 199 g/mol. The van der Waals surface area contributed by atoms with Crippen molar-refractivity contribution in [2.45, 2.75) is 6.92 Å². The summed E-state index contributed by atoms with van der Waals surface area (Å²) in [6.07, 6.45) is 1.35. The molecule has 0 spiro atoms. The van der Waals surface area contributed by atoms with Crippen LogP contribution < -0.4 is 0 Å². The molecule has 0 fully saturated rings. The third kappa shape index (κ3) is 3.84. The van der Waals surface area contributed by atoms with Crippen LogP contribution in [0, 0.1) is 0 Å². The van der Waals surface area contributed by atoms with Gasteiger partial charge in [0.15, 0.2) is 6.29 Å². The fourth-order valence-corrected chi connectivity index (χ4v) is 0.747. The topological polar surface area (TPSA) is 63.7 Å². The number of rotatable bonds is 5. The van der Waals surface area contributed by atoms with Crippen molar-refractivity contribution in [3.63, 3.8) is 0 Å². The molecule has 0 rings (SSSR count). The first-order valence-corrected chi connectivity index (χ1v) is 4.07. The first-order valence-electron chi connectivity index (χ1n) is 4.07. The maximum atomic E-state index is 11.2. The molecule has 0 heterocycles. The number of esters is 1. The Hall–Kier alpha value is -1.65. The molecule has 0 aromatic heterocycles. The Morgan fingerprint density at radius 1 is 1.36 bits per heavy atom. The number of carbonyl (C=O) groups excluding carboxylic acids is 3. The Morgan fingerprint density at radius 3 is 2.29 bits per heavy atom. The largest absolute Gasteiger partial charge is 0.462 e. The molecule has 0 saturated carbocycles. The van der Waals surface area contributed by atoms with Gasteiger partial charge in [0.1, 0.15) is 5.57 Å². The van der Waals surface area contributed by atoms with E-state index in [0.29, 0.717) is 0 Å². The molecular formula is C9H13NO4. The van der Waals surface area contributed by atoms with Crippen LogP contribution in [0.5, 0.6) is 0 Å². The number of carbonyl (C=O) groups is 3.